The summed E-state index contributed by atoms with van der Waals surface area (Å²) in [5, 5.41) is 14.1. The van der Waals surface area contributed by atoms with Gasteiger partial charge in [0.05, 0.1) is 17.2 Å². The molecule has 3 rings (SSSR count). The summed E-state index contributed by atoms with van der Waals surface area (Å²) in [6.45, 7) is 7.24. The van der Waals surface area contributed by atoms with Crippen LogP contribution in [0.4, 0.5) is 0 Å². The minimum absolute atomic E-state index is 0.00374. The molecule has 142 valence electrons. The Kier molecular flexibility index (Phi) is 6.12. The third kappa shape index (κ3) is 3.92. The van der Waals surface area contributed by atoms with Gasteiger partial charge in [0, 0.05) is 44.2 Å². The Balaban J connectivity index is 0.000000758. The second kappa shape index (κ2) is 8.11. The molecule has 9 heteroatoms. The maximum atomic E-state index is 12.4. The molecular formula is C17H24N4O5. The number of carbonyl (C=O) groups excluding carboxylic acids is 3. The maximum absolute atomic E-state index is 12.4. The SMILES string of the molecule is CC(=O)c1c(C)nn(CCC(=O)N2C[C@@H]3CNC(=O)[C@@H]3C2)c1C.O=CO. The summed E-state index contributed by atoms with van der Waals surface area (Å²) in [6, 6.07) is 0. The smallest absolute Gasteiger partial charge is 0.290 e. The lowest BCUT2D eigenvalue weighted by Crippen LogP contribution is -2.33. The number of carboxylic acid groups (broad SMARTS) is 1. The number of carbonyl (C=O) groups is 4. The number of Topliss-reactive ketones (excluding diaryl/α,β-unsaturated/α-hetero) is 1. The fourth-order valence-electron chi connectivity index (χ4n) is 3.73. The number of likely N-dealkylation sites (tertiary alicyclic amines) is 1. The molecule has 0 saturated carbocycles. The molecular weight excluding hydrogens is 340 g/mol. The van der Waals surface area contributed by atoms with Gasteiger partial charge in [-0.05, 0) is 20.8 Å². The highest BCUT2D eigenvalue weighted by Crippen LogP contribution is 2.27. The van der Waals surface area contributed by atoms with Crippen LogP contribution < -0.4 is 5.32 Å². The number of aryl methyl sites for hydroxylation is 2. The summed E-state index contributed by atoms with van der Waals surface area (Å²) in [4.78, 5) is 45.8. The van der Waals surface area contributed by atoms with Crippen LogP contribution in [0.5, 0.6) is 0 Å². The molecule has 0 radical (unpaired) electrons. The van der Waals surface area contributed by atoms with Gasteiger partial charge in [-0.3, -0.25) is 23.9 Å². The summed E-state index contributed by atoms with van der Waals surface area (Å²) < 4.78 is 1.73. The van der Waals surface area contributed by atoms with E-state index < -0.39 is 0 Å². The maximum Gasteiger partial charge on any atom is 0.290 e. The number of fused-ring (bicyclic) bond motifs is 1. The Labute approximate surface area is 151 Å². The van der Waals surface area contributed by atoms with E-state index in [9.17, 15) is 14.4 Å². The molecule has 2 aliphatic rings. The highest BCUT2D eigenvalue weighted by molar-refractivity contribution is 5.96. The first-order chi connectivity index (χ1) is 12.3. The second-order valence-electron chi connectivity index (χ2n) is 6.59. The Morgan fingerprint density at radius 1 is 1.35 bits per heavy atom. The van der Waals surface area contributed by atoms with Gasteiger partial charge in [0.1, 0.15) is 0 Å². The summed E-state index contributed by atoms with van der Waals surface area (Å²) in [5.74, 6) is 0.316. The van der Waals surface area contributed by atoms with E-state index >= 15 is 0 Å². The lowest BCUT2D eigenvalue weighted by atomic mass is 10.0. The van der Waals surface area contributed by atoms with Crippen molar-refractivity contribution in [1.82, 2.24) is 20.0 Å². The van der Waals surface area contributed by atoms with Crippen LogP contribution in [-0.2, 0) is 20.9 Å². The van der Waals surface area contributed by atoms with Gasteiger partial charge in [0.25, 0.3) is 6.47 Å². The zero-order valence-electron chi connectivity index (χ0n) is 15.2. The van der Waals surface area contributed by atoms with Crippen LogP contribution in [0.3, 0.4) is 0 Å². The zero-order valence-corrected chi connectivity index (χ0v) is 15.2. The van der Waals surface area contributed by atoms with Gasteiger partial charge >= 0.3 is 0 Å². The van der Waals surface area contributed by atoms with Gasteiger partial charge in [0.15, 0.2) is 5.78 Å². The molecule has 0 spiro atoms. The topological polar surface area (TPSA) is 122 Å². The molecule has 2 saturated heterocycles. The third-order valence-corrected chi connectivity index (χ3v) is 4.94. The Morgan fingerprint density at radius 2 is 2.00 bits per heavy atom. The van der Waals surface area contributed by atoms with E-state index in [-0.39, 0.29) is 35.9 Å². The van der Waals surface area contributed by atoms with Crippen molar-refractivity contribution in [3.8, 4) is 0 Å². The van der Waals surface area contributed by atoms with Crippen LogP contribution in [0.25, 0.3) is 0 Å². The first-order valence-electron chi connectivity index (χ1n) is 8.48. The Hall–Kier alpha value is -2.71. The number of ketones is 1. The van der Waals surface area contributed by atoms with Crippen molar-refractivity contribution in [2.45, 2.75) is 33.7 Å². The largest absolute Gasteiger partial charge is 0.483 e. The number of amides is 2. The van der Waals surface area contributed by atoms with Crippen LogP contribution in [0, 0.1) is 25.7 Å². The third-order valence-electron chi connectivity index (χ3n) is 4.94. The van der Waals surface area contributed by atoms with Crippen molar-refractivity contribution < 1.29 is 24.3 Å². The minimum atomic E-state index is -0.250. The first kappa shape index (κ1) is 19.6. The molecule has 0 aliphatic carbocycles. The van der Waals surface area contributed by atoms with Crippen molar-refractivity contribution >= 4 is 24.1 Å². The Bertz CT molecular complexity index is 727. The molecule has 2 aliphatic heterocycles. The molecule has 2 amide bonds. The van der Waals surface area contributed by atoms with E-state index in [1.807, 2.05) is 13.8 Å². The summed E-state index contributed by atoms with van der Waals surface area (Å²) in [7, 11) is 0. The van der Waals surface area contributed by atoms with E-state index in [1.165, 1.54) is 6.92 Å². The lowest BCUT2D eigenvalue weighted by molar-refractivity contribution is -0.131. The number of aromatic nitrogens is 2. The minimum Gasteiger partial charge on any atom is -0.483 e. The normalized spacial score (nSPS) is 20.9. The fraction of sp³-hybridized carbons (Fsp3) is 0.588. The summed E-state index contributed by atoms with van der Waals surface area (Å²) in [6.07, 6.45) is 0.334. The number of nitrogens with one attached hydrogen (secondary N) is 1. The van der Waals surface area contributed by atoms with Crippen molar-refractivity contribution in [3.05, 3.63) is 17.0 Å². The number of rotatable bonds is 4. The van der Waals surface area contributed by atoms with Crippen LogP contribution in [0.2, 0.25) is 0 Å². The quantitative estimate of drug-likeness (QED) is 0.573. The van der Waals surface area contributed by atoms with E-state index in [0.717, 1.165) is 5.69 Å². The monoisotopic (exact) mass is 364 g/mol. The molecule has 1 aromatic heterocycles. The van der Waals surface area contributed by atoms with Gasteiger partial charge in [-0.15, -0.1) is 0 Å². The van der Waals surface area contributed by atoms with E-state index in [4.69, 9.17) is 9.90 Å². The van der Waals surface area contributed by atoms with Gasteiger partial charge in [0.2, 0.25) is 11.8 Å². The predicted octanol–water partition coefficient (Wildman–Crippen LogP) is -0.00216. The van der Waals surface area contributed by atoms with Gasteiger partial charge in [-0.25, -0.2) is 0 Å². The van der Waals surface area contributed by atoms with E-state index in [1.54, 1.807) is 9.58 Å². The molecule has 0 unspecified atom stereocenters. The van der Waals surface area contributed by atoms with Crippen LogP contribution >= 0.6 is 0 Å². The molecule has 9 nitrogen and oxygen atoms in total. The molecule has 2 N–H and O–H groups in total. The molecule has 0 bridgehead atoms. The highest BCUT2D eigenvalue weighted by atomic mass is 16.3. The van der Waals surface area contributed by atoms with Crippen LogP contribution in [0.15, 0.2) is 0 Å². The van der Waals surface area contributed by atoms with Gasteiger partial charge < -0.3 is 15.3 Å². The molecule has 2 fully saturated rings. The molecule has 2 atom stereocenters. The average Bonchev–Trinajstić information content (AvgIpc) is 3.21. The predicted molar refractivity (Wildman–Crippen MR) is 91.6 cm³/mol. The Morgan fingerprint density at radius 3 is 2.54 bits per heavy atom. The van der Waals surface area contributed by atoms with Crippen LogP contribution in [0.1, 0.15) is 35.1 Å². The van der Waals surface area contributed by atoms with E-state index in [2.05, 4.69) is 10.4 Å². The van der Waals surface area contributed by atoms with Gasteiger partial charge in [-0.1, -0.05) is 0 Å². The second-order valence-corrected chi connectivity index (χ2v) is 6.59. The van der Waals surface area contributed by atoms with Crippen molar-refractivity contribution in [1.29, 1.82) is 0 Å². The number of hydrogen-bond donors (Lipinski definition) is 2. The van der Waals surface area contributed by atoms with Crippen molar-refractivity contribution in [2.24, 2.45) is 11.8 Å². The highest BCUT2D eigenvalue weighted by Gasteiger charge is 2.43. The van der Waals surface area contributed by atoms with Crippen molar-refractivity contribution in [3.63, 3.8) is 0 Å². The fourth-order valence-corrected chi connectivity index (χ4v) is 3.73. The number of nitrogens with zero attached hydrogens (tertiary/aromatic N) is 3. The van der Waals surface area contributed by atoms with Gasteiger partial charge in [-0.2, -0.15) is 5.10 Å². The molecule has 0 aromatic carbocycles. The average molecular weight is 364 g/mol. The first-order valence-corrected chi connectivity index (χ1v) is 8.48. The molecule has 1 aromatic rings. The van der Waals surface area contributed by atoms with E-state index in [0.29, 0.717) is 43.9 Å². The lowest BCUT2D eigenvalue weighted by Gasteiger charge is -2.17. The summed E-state index contributed by atoms with van der Waals surface area (Å²) >= 11 is 0. The summed E-state index contributed by atoms with van der Waals surface area (Å²) in [5.41, 5.74) is 2.15. The van der Waals surface area contributed by atoms with Crippen LogP contribution in [-0.4, -0.2) is 63.5 Å². The standard InChI is InChI=1S/C16H22N4O3.CH2O2/c1-9-15(11(3)21)10(2)20(18-9)5-4-14(22)19-7-12-6-17-16(23)13(12)8-19;2-1-3/h12-13H,4-8H2,1-3H3,(H,17,23);1H,(H,2,3)/t12-,13+;/m0./s1. The zero-order chi connectivity index (χ0) is 19.4. The van der Waals surface area contributed by atoms with Crippen molar-refractivity contribution in [2.75, 3.05) is 19.6 Å². The molecule has 26 heavy (non-hydrogen) atoms. The number of hydrogen-bond acceptors (Lipinski definition) is 5. The molecule has 3 heterocycles.